The van der Waals surface area contributed by atoms with Gasteiger partial charge < -0.3 is 5.11 Å². The molecule has 4 rings (SSSR count). The number of hydrogen-bond acceptors (Lipinski definition) is 1. The van der Waals surface area contributed by atoms with Crippen LogP contribution in [0.5, 0.6) is 5.75 Å². The first-order valence-corrected chi connectivity index (χ1v) is 8.37. The van der Waals surface area contributed by atoms with Crippen molar-refractivity contribution in [2.24, 2.45) is 0 Å². The van der Waals surface area contributed by atoms with Crippen molar-refractivity contribution in [3.05, 3.63) is 110 Å². The number of rotatable bonds is 2. The van der Waals surface area contributed by atoms with Gasteiger partial charge in [-0.3, -0.25) is 0 Å². The summed E-state index contributed by atoms with van der Waals surface area (Å²) < 4.78 is 0. The summed E-state index contributed by atoms with van der Waals surface area (Å²) in [6.45, 7) is 3.98. The smallest absolute Gasteiger partial charge is 0.872 e. The third kappa shape index (κ3) is 5.27. The van der Waals surface area contributed by atoms with E-state index in [1.165, 1.54) is 0 Å². The SMILES string of the molecule is [Be+2].[CH2-]c1ccccc1-c1cccc[nH+]1.[O-]c1ccccc1-c1cccc[nH+]1. The Kier molecular flexibility index (Phi) is 7.30. The Labute approximate surface area is 163 Å². The topological polar surface area (TPSA) is 51.3 Å². The Hall–Kier alpha value is -3.42. The quantitative estimate of drug-likeness (QED) is 0.405. The summed E-state index contributed by atoms with van der Waals surface area (Å²) in [6, 6.07) is 26.8. The number of H-pyrrole nitrogens is 2. The third-order valence-electron chi connectivity index (χ3n) is 3.90. The van der Waals surface area contributed by atoms with Crippen molar-refractivity contribution in [3.63, 3.8) is 0 Å². The van der Waals surface area contributed by atoms with Crippen molar-refractivity contribution in [2.45, 2.75) is 0 Å². The normalized spacial score (nSPS) is 9.48. The number of aromatic nitrogens is 2. The molecule has 2 aromatic carbocycles. The minimum absolute atomic E-state index is 0. The van der Waals surface area contributed by atoms with E-state index in [2.05, 4.69) is 23.0 Å². The van der Waals surface area contributed by atoms with Gasteiger partial charge in [0, 0.05) is 23.8 Å². The zero-order chi connectivity index (χ0) is 18.2. The summed E-state index contributed by atoms with van der Waals surface area (Å²) in [4.78, 5) is 6.21. The Balaban J connectivity index is 0.000000187. The summed E-state index contributed by atoms with van der Waals surface area (Å²) >= 11 is 0. The van der Waals surface area contributed by atoms with E-state index in [0.29, 0.717) is 5.56 Å². The first-order valence-electron chi connectivity index (χ1n) is 8.37. The monoisotopic (exact) mass is 349 g/mol. The number of para-hydroxylation sites is 1. The Morgan fingerprint density at radius 1 is 0.593 bits per heavy atom. The minimum atomic E-state index is 0. The van der Waals surface area contributed by atoms with Crippen molar-refractivity contribution in [2.75, 3.05) is 0 Å². The van der Waals surface area contributed by atoms with Gasteiger partial charge >= 0.3 is 10.1 Å². The molecule has 0 amide bonds. The van der Waals surface area contributed by atoms with Crippen molar-refractivity contribution < 1.29 is 15.1 Å². The van der Waals surface area contributed by atoms with Crippen LogP contribution in [0.1, 0.15) is 5.56 Å². The molecular weight excluding hydrogens is 329 g/mol. The van der Waals surface area contributed by atoms with Crippen molar-refractivity contribution in [1.82, 2.24) is 0 Å². The molecule has 0 aliphatic rings. The van der Waals surface area contributed by atoms with Gasteiger partial charge in [0.2, 0.25) is 5.69 Å². The Bertz CT molecular complexity index is 879. The van der Waals surface area contributed by atoms with E-state index in [9.17, 15) is 5.11 Å². The second-order valence-electron chi connectivity index (χ2n) is 5.71. The molecule has 0 radical (unpaired) electrons. The van der Waals surface area contributed by atoms with Gasteiger partial charge in [-0.05, 0) is 18.2 Å². The summed E-state index contributed by atoms with van der Waals surface area (Å²) in [7, 11) is 0. The van der Waals surface area contributed by atoms with E-state index < -0.39 is 0 Å². The summed E-state index contributed by atoms with van der Waals surface area (Å²) in [5.74, 6) is 0.0463. The fourth-order valence-corrected chi connectivity index (χ4v) is 2.59. The van der Waals surface area contributed by atoms with Crippen LogP contribution in [-0.4, -0.2) is 10.1 Å². The van der Waals surface area contributed by atoms with Crippen LogP contribution in [0.25, 0.3) is 22.5 Å². The maximum Gasteiger partial charge on any atom is 2.00 e. The summed E-state index contributed by atoms with van der Waals surface area (Å²) in [5, 5.41) is 11.4. The maximum atomic E-state index is 11.4. The Morgan fingerprint density at radius 2 is 1.07 bits per heavy atom. The molecule has 0 aliphatic heterocycles. The first-order chi connectivity index (χ1) is 12.8. The minimum Gasteiger partial charge on any atom is -0.872 e. The van der Waals surface area contributed by atoms with Gasteiger partial charge in [0.25, 0.3) is 0 Å². The standard InChI is InChI=1S/C12H10N.C11H9NO.Be/c1-10-6-2-3-7-11(10)12-8-4-5-9-13-12;13-11-7-2-1-5-9(11)10-6-3-4-8-12-10;/h2-9H,1H2;1-8,13H;/q-1;;+2/p+1. The van der Waals surface area contributed by atoms with Gasteiger partial charge in [0.1, 0.15) is 0 Å². The van der Waals surface area contributed by atoms with Gasteiger partial charge in [0.05, 0.1) is 0 Å². The maximum absolute atomic E-state index is 11.4. The van der Waals surface area contributed by atoms with E-state index in [1.807, 2.05) is 79.1 Å². The molecule has 27 heavy (non-hydrogen) atoms. The first kappa shape index (κ1) is 19.9. The van der Waals surface area contributed by atoms with Crippen LogP contribution in [0, 0.1) is 6.92 Å². The molecule has 0 aliphatic carbocycles. The molecule has 4 aromatic rings. The van der Waals surface area contributed by atoms with E-state index >= 15 is 0 Å². The molecular formula is C23H20BeN2O+2. The molecule has 128 valence electrons. The molecule has 0 spiro atoms. The zero-order valence-electron chi connectivity index (χ0n) is 15.1. The molecule has 0 atom stereocenters. The molecule has 4 heteroatoms. The Morgan fingerprint density at radius 3 is 1.59 bits per heavy atom. The molecule has 0 saturated heterocycles. The van der Waals surface area contributed by atoms with Gasteiger partial charge in [-0.25, -0.2) is 9.97 Å². The van der Waals surface area contributed by atoms with Crippen LogP contribution in [-0.2, 0) is 0 Å². The van der Waals surface area contributed by atoms with E-state index in [-0.39, 0.29) is 15.9 Å². The number of nitrogens with one attached hydrogen (secondary N) is 2. The van der Waals surface area contributed by atoms with Crippen molar-refractivity contribution in [1.29, 1.82) is 0 Å². The van der Waals surface area contributed by atoms with Gasteiger partial charge in [-0.1, -0.05) is 41.6 Å². The van der Waals surface area contributed by atoms with Crippen molar-refractivity contribution in [3.8, 4) is 28.3 Å². The van der Waals surface area contributed by atoms with Crippen LogP contribution in [0.2, 0.25) is 0 Å². The molecule has 0 saturated carbocycles. The second-order valence-corrected chi connectivity index (χ2v) is 5.71. The van der Waals surface area contributed by atoms with Crippen molar-refractivity contribution >= 4 is 10.1 Å². The van der Waals surface area contributed by atoms with Crippen LogP contribution >= 0.6 is 0 Å². The number of pyridine rings is 2. The average Bonchev–Trinajstić information content (AvgIpc) is 2.71. The van der Waals surface area contributed by atoms with Crippen LogP contribution < -0.4 is 15.1 Å². The number of hydrogen-bond donors (Lipinski definition) is 0. The van der Waals surface area contributed by atoms with Crippen LogP contribution in [0.15, 0.2) is 97.3 Å². The van der Waals surface area contributed by atoms with Gasteiger partial charge in [0.15, 0.2) is 18.1 Å². The van der Waals surface area contributed by atoms with E-state index in [1.54, 1.807) is 12.1 Å². The van der Waals surface area contributed by atoms with E-state index in [4.69, 9.17) is 0 Å². The summed E-state index contributed by atoms with van der Waals surface area (Å²) in [6.07, 6.45) is 3.73. The molecule has 0 bridgehead atoms. The largest absolute Gasteiger partial charge is 2.00 e. The van der Waals surface area contributed by atoms with Gasteiger partial charge in [-0.15, -0.1) is 12.1 Å². The zero-order valence-corrected chi connectivity index (χ0v) is 15.1. The molecule has 0 fully saturated rings. The fourth-order valence-electron chi connectivity index (χ4n) is 2.59. The van der Waals surface area contributed by atoms with Crippen LogP contribution in [0.4, 0.5) is 0 Å². The molecule has 3 nitrogen and oxygen atoms in total. The summed E-state index contributed by atoms with van der Waals surface area (Å²) in [5.41, 5.74) is 4.87. The fraction of sp³-hybridized carbons (Fsp3) is 0. The average molecular weight is 349 g/mol. The van der Waals surface area contributed by atoms with E-state index in [0.717, 1.165) is 22.5 Å². The predicted molar refractivity (Wildman–Crippen MR) is 107 cm³/mol. The number of benzene rings is 2. The molecule has 2 aromatic heterocycles. The molecule has 0 unspecified atom stereocenters. The molecule has 2 N–H and O–H groups in total. The van der Waals surface area contributed by atoms with Crippen LogP contribution in [0.3, 0.4) is 0 Å². The van der Waals surface area contributed by atoms with Gasteiger partial charge in [-0.2, -0.15) is 18.6 Å². The third-order valence-corrected chi connectivity index (χ3v) is 3.90. The predicted octanol–water partition coefficient (Wildman–Crippen LogP) is 3.21. The molecule has 2 heterocycles. The second kappa shape index (κ2) is 9.91. The number of aromatic amines is 2.